The van der Waals surface area contributed by atoms with E-state index in [2.05, 4.69) is 16.0 Å². The van der Waals surface area contributed by atoms with E-state index in [4.69, 9.17) is 10.5 Å². The van der Waals surface area contributed by atoms with E-state index in [9.17, 15) is 4.79 Å². The molecule has 2 aromatic heterocycles. The van der Waals surface area contributed by atoms with E-state index >= 15 is 0 Å². The van der Waals surface area contributed by atoms with Gasteiger partial charge in [-0.1, -0.05) is 18.2 Å². The van der Waals surface area contributed by atoms with Gasteiger partial charge < -0.3 is 10.5 Å². The molecule has 6 heteroatoms. The van der Waals surface area contributed by atoms with Crippen LogP contribution in [0.3, 0.4) is 0 Å². The topological polar surface area (TPSA) is 81.7 Å². The first-order valence-electron chi connectivity index (χ1n) is 9.76. The first-order chi connectivity index (χ1) is 14.1. The van der Waals surface area contributed by atoms with Crippen molar-refractivity contribution in [1.82, 2.24) is 14.3 Å². The lowest BCUT2D eigenvalue weighted by Crippen LogP contribution is -2.31. The normalized spacial score (nSPS) is 14.8. The van der Waals surface area contributed by atoms with Gasteiger partial charge in [0.1, 0.15) is 5.65 Å². The first-order valence-corrected chi connectivity index (χ1v) is 9.76. The summed E-state index contributed by atoms with van der Waals surface area (Å²) in [6.45, 7) is 4.52. The molecule has 2 N–H and O–H groups in total. The summed E-state index contributed by atoms with van der Waals surface area (Å²) in [6, 6.07) is 11.2. The fraction of sp³-hybridized carbons (Fsp3) is 0.261. The SMILES string of the molecule is Cc1ccc(-c2cc(=O)n3cc(C4=CCN(CCO)CC4)ccc3n2)cc1C=N. The van der Waals surface area contributed by atoms with Crippen molar-refractivity contribution in [1.29, 1.82) is 5.41 Å². The third-order valence-corrected chi connectivity index (χ3v) is 5.47. The Morgan fingerprint density at radius 2 is 2.03 bits per heavy atom. The van der Waals surface area contributed by atoms with Crippen LogP contribution in [-0.2, 0) is 0 Å². The zero-order valence-electron chi connectivity index (χ0n) is 16.4. The molecule has 29 heavy (non-hydrogen) atoms. The monoisotopic (exact) mass is 388 g/mol. The maximum absolute atomic E-state index is 12.8. The van der Waals surface area contributed by atoms with Gasteiger partial charge in [0.25, 0.3) is 5.56 Å². The van der Waals surface area contributed by atoms with Gasteiger partial charge in [0, 0.05) is 43.7 Å². The molecule has 0 unspecified atom stereocenters. The third kappa shape index (κ3) is 3.90. The summed E-state index contributed by atoms with van der Waals surface area (Å²) < 4.78 is 1.59. The molecule has 148 valence electrons. The number of aliphatic hydroxyl groups is 1. The summed E-state index contributed by atoms with van der Waals surface area (Å²) in [4.78, 5) is 19.7. The molecular formula is C23H24N4O2. The fourth-order valence-corrected chi connectivity index (χ4v) is 3.71. The second-order valence-electron chi connectivity index (χ2n) is 7.34. The molecule has 0 saturated heterocycles. The number of aryl methyl sites for hydroxylation is 1. The minimum absolute atomic E-state index is 0.123. The highest BCUT2D eigenvalue weighted by molar-refractivity contribution is 5.82. The molecule has 4 rings (SSSR count). The van der Waals surface area contributed by atoms with Crippen LogP contribution < -0.4 is 5.56 Å². The van der Waals surface area contributed by atoms with Crippen molar-refractivity contribution in [2.45, 2.75) is 13.3 Å². The van der Waals surface area contributed by atoms with E-state index in [-0.39, 0.29) is 12.2 Å². The van der Waals surface area contributed by atoms with Gasteiger partial charge in [-0.15, -0.1) is 0 Å². The highest BCUT2D eigenvalue weighted by Crippen LogP contribution is 2.23. The molecule has 3 aromatic rings. The smallest absolute Gasteiger partial charge is 0.258 e. The van der Waals surface area contributed by atoms with E-state index in [0.717, 1.165) is 41.8 Å². The van der Waals surface area contributed by atoms with Crippen molar-refractivity contribution in [3.05, 3.63) is 75.7 Å². The number of fused-ring (bicyclic) bond motifs is 1. The van der Waals surface area contributed by atoms with Crippen LogP contribution in [0.2, 0.25) is 0 Å². The minimum Gasteiger partial charge on any atom is -0.395 e. The second kappa shape index (κ2) is 8.11. The van der Waals surface area contributed by atoms with Gasteiger partial charge in [-0.2, -0.15) is 0 Å². The number of nitrogens with one attached hydrogen (secondary N) is 1. The molecule has 0 amide bonds. The number of nitrogens with zero attached hydrogens (tertiary/aromatic N) is 3. The molecule has 0 fully saturated rings. The van der Waals surface area contributed by atoms with Crippen molar-refractivity contribution in [3.8, 4) is 11.3 Å². The van der Waals surface area contributed by atoms with E-state index in [1.165, 1.54) is 11.8 Å². The average Bonchev–Trinajstić information content (AvgIpc) is 2.74. The maximum atomic E-state index is 12.8. The largest absolute Gasteiger partial charge is 0.395 e. The zero-order valence-corrected chi connectivity index (χ0v) is 16.4. The van der Waals surface area contributed by atoms with Gasteiger partial charge in [-0.05, 0) is 53.8 Å². The van der Waals surface area contributed by atoms with Gasteiger partial charge >= 0.3 is 0 Å². The van der Waals surface area contributed by atoms with Gasteiger partial charge in [-0.25, -0.2) is 4.98 Å². The summed E-state index contributed by atoms with van der Waals surface area (Å²) >= 11 is 0. The van der Waals surface area contributed by atoms with Crippen molar-refractivity contribution in [2.75, 3.05) is 26.2 Å². The molecule has 0 spiro atoms. The molecule has 6 nitrogen and oxygen atoms in total. The summed E-state index contributed by atoms with van der Waals surface area (Å²) in [5, 5.41) is 16.6. The van der Waals surface area contributed by atoms with Gasteiger partial charge in [0.05, 0.1) is 12.3 Å². The molecule has 3 heterocycles. The Morgan fingerprint density at radius 1 is 1.21 bits per heavy atom. The van der Waals surface area contributed by atoms with Crippen molar-refractivity contribution in [2.24, 2.45) is 0 Å². The van der Waals surface area contributed by atoms with Crippen molar-refractivity contribution >= 4 is 17.4 Å². The molecule has 1 aliphatic heterocycles. The summed E-state index contributed by atoms with van der Waals surface area (Å²) in [7, 11) is 0. The molecule has 0 radical (unpaired) electrons. The van der Waals surface area contributed by atoms with Crippen LogP contribution in [0, 0.1) is 12.3 Å². The lowest BCUT2D eigenvalue weighted by molar-refractivity contribution is 0.208. The lowest BCUT2D eigenvalue weighted by Gasteiger charge is -2.25. The number of β-amino-alcohol motifs (C(OH)–C–C–N with tert-alkyl or cyclic N) is 1. The molecule has 0 aliphatic carbocycles. The van der Waals surface area contributed by atoms with Crippen LogP contribution in [-0.4, -0.2) is 51.8 Å². The Bertz CT molecular complexity index is 1160. The Balaban J connectivity index is 1.69. The quantitative estimate of drug-likeness (QED) is 0.659. The Kier molecular flexibility index (Phi) is 5.38. The number of benzene rings is 1. The van der Waals surface area contributed by atoms with E-state index < -0.39 is 0 Å². The molecule has 0 atom stereocenters. The second-order valence-corrected chi connectivity index (χ2v) is 7.34. The average molecular weight is 388 g/mol. The van der Waals surface area contributed by atoms with Gasteiger partial charge in [0.15, 0.2) is 0 Å². The number of pyridine rings is 1. The minimum atomic E-state index is -0.123. The summed E-state index contributed by atoms with van der Waals surface area (Å²) in [5.41, 5.74) is 6.00. The van der Waals surface area contributed by atoms with Crippen LogP contribution in [0.5, 0.6) is 0 Å². The van der Waals surface area contributed by atoms with E-state index in [0.29, 0.717) is 17.9 Å². The number of aromatic nitrogens is 2. The fourth-order valence-electron chi connectivity index (χ4n) is 3.71. The van der Waals surface area contributed by atoms with Crippen LogP contribution in [0.4, 0.5) is 0 Å². The molecular weight excluding hydrogens is 364 g/mol. The first kappa shape index (κ1) is 19.2. The highest BCUT2D eigenvalue weighted by Gasteiger charge is 2.14. The van der Waals surface area contributed by atoms with Crippen LogP contribution in [0.25, 0.3) is 22.5 Å². The number of rotatable bonds is 5. The van der Waals surface area contributed by atoms with Gasteiger partial charge in [0.2, 0.25) is 0 Å². The predicted molar refractivity (Wildman–Crippen MR) is 116 cm³/mol. The number of hydrogen-bond acceptors (Lipinski definition) is 5. The molecule has 0 saturated carbocycles. The van der Waals surface area contributed by atoms with E-state index in [1.54, 1.807) is 10.5 Å². The van der Waals surface area contributed by atoms with Crippen molar-refractivity contribution < 1.29 is 5.11 Å². The molecule has 1 aromatic carbocycles. The van der Waals surface area contributed by atoms with Crippen molar-refractivity contribution in [3.63, 3.8) is 0 Å². The third-order valence-electron chi connectivity index (χ3n) is 5.47. The van der Waals surface area contributed by atoms with Crippen LogP contribution in [0.1, 0.15) is 23.1 Å². The molecule has 0 bridgehead atoms. The molecule has 1 aliphatic rings. The van der Waals surface area contributed by atoms with Gasteiger partial charge in [-0.3, -0.25) is 14.1 Å². The van der Waals surface area contributed by atoms with E-state index in [1.807, 2.05) is 43.5 Å². The zero-order chi connectivity index (χ0) is 20.4. The van der Waals surface area contributed by atoms with Crippen LogP contribution >= 0.6 is 0 Å². The predicted octanol–water partition coefficient (Wildman–Crippen LogP) is 2.75. The Hall–Kier alpha value is -3.09. The Morgan fingerprint density at radius 3 is 2.76 bits per heavy atom. The van der Waals surface area contributed by atoms with Crippen LogP contribution in [0.15, 0.2) is 53.5 Å². The lowest BCUT2D eigenvalue weighted by atomic mass is 10.0. The summed E-state index contributed by atoms with van der Waals surface area (Å²) in [5.74, 6) is 0. The highest BCUT2D eigenvalue weighted by atomic mass is 16.3. The number of hydrogen-bond donors (Lipinski definition) is 2. The number of aliphatic hydroxyl groups excluding tert-OH is 1. The standard InChI is InChI=1S/C23H24N4O2/c1-16-2-3-18(12-20(16)14-24)21-13-23(29)27-15-19(4-5-22(27)25-21)17-6-8-26(9-7-17)10-11-28/h2-6,12-15,24,28H,7-11H2,1H3. The Labute approximate surface area is 169 Å². The maximum Gasteiger partial charge on any atom is 0.258 e. The summed E-state index contributed by atoms with van der Waals surface area (Å²) in [6.07, 6.45) is 6.23.